The first-order valence-electron chi connectivity index (χ1n) is 8.22. The summed E-state index contributed by atoms with van der Waals surface area (Å²) in [6.07, 6.45) is 7.46. The van der Waals surface area contributed by atoms with E-state index in [4.69, 9.17) is 5.73 Å². The zero-order valence-electron chi connectivity index (χ0n) is 13.3. The molecule has 0 aliphatic heterocycles. The molecule has 0 spiro atoms. The fourth-order valence-corrected chi connectivity index (χ4v) is 3.79. The van der Waals surface area contributed by atoms with Gasteiger partial charge in [0.25, 0.3) is 0 Å². The van der Waals surface area contributed by atoms with Gasteiger partial charge >= 0.3 is 0 Å². The molecule has 0 bridgehead atoms. The van der Waals surface area contributed by atoms with E-state index in [1.165, 1.54) is 25.7 Å². The molecule has 2 saturated carbocycles. The molecule has 0 saturated heterocycles. The second-order valence-corrected chi connectivity index (χ2v) is 7.12. The highest BCUT2D eigenvalue weighted by atomic mass is 16.1. The van der Waals surface area contributed by atoms with Crippen molar-refractivity contribution in [3.05, 3.63) is 0 Å². The molecule has 2 rings (SSSR count). The molecule has 1 unspecified atom stereocenters. The van der Waals surface area contributed by atoms with Crippen LogP contribution in [0.3, 0.4) is 0 Å². The van der Waals surface area contributed by atoms with Crippen LogP contribution >= 0.6 is 0 Å². The van der Waals surface area contributed by atoms with Gasteiger partial charge in [0.15, 0.2) is 0 Å². The van der Waals surface area contributed by atoms with Gasteiger partial charge in [0.05, 0.1) is 0 Å². The summed E-state index contributed by atoms with van der Waals surface area (Å²) in [5.74, 6) is 0.882. The number of hydrogen-bond donors (Lipinski definition) is 2. The first kappa shape index (κ1) is 15.8. The lowest BCUT2D eigenvalue weighted by Gasteiger charge is -2.39. The van der Waals surface area contributed by atoms with Gasteiger partial charge in [-0.2, -0.15) is 0 Å². The van der Waals surface area contributed by atoms with Gasteiger partial charge in [-0.1, -0.05) is 26.7 Å². The summed E-state index contributed by atoms with van der Waals surface area (Å²) in [7, 11) is 1.89. The van der Waals surface area contributed by atoms with Crippen LogP contribution in [0, 0.1) is 11.8 Å². The van der Waals surface area contributed by atoms with E-state index in [-0.39, 0.29) is 5.91 Å². The number of carbonyl (C=O) groups excluding carboxylic acids is 1. The molecule has 0 aromatic carbocycles. The molecule has 4 heteroatoms. The maximum atomic E-state index is 12.1. The van der Waals surface area contributed by atoms with E-state index >= 15 is 0 Å². The molecule has 0 radical (unpaired) electrons. The van der Waals surface area contributed by atoms with Crippen molar-refractivity contribution in [3.63, 3.8) is 0 Å². The Morgan fingerprint density at radius 1 is 1.30 bits per heavy atom. The van der Waals surface area contributed by atoms with Crippen molar-refractivity contribution in [2.75, 3.05) is 20.1 Å². The highest BCUT2D eigenvalue weighted by Gasteiger charge is 2.50. The first-order valence-corrected chi connectivity index (χ1v) is 8.22. The third-order valence-corrected chi connectivity index (χ3v) is 5.05. The number of nitrogens with zero attached hydrogens (tertiary/aromatic N) is 1. The first-order chi connectivity index (χ1) is 9.49. The van der Waals surface area contributed by atoms with E-state index in [9.17, 15) is 4.79 Å². The Bertz CT molecular complexity index is 335. The molecule has 20 heavy (non-hydrogen) atoms. The van der Waals surface area contributed by atoms with Gasteiger partial charge < -0.3 is 11.1 Å². The molecule has 0 aromatic heterocycles. The second-order valence-electron chi connectivity index (χ2n) is 7.12. The van der Waals surface area contributed by atoms with Gasteiger partial charge in [0.2, 0.25) is 5.91 Å². The van der Waals surface area contributed by atoms with Crippen LogP contribution < -0.4 is 11.1 Å². The number of primary amides is 1. The Balaban J connectivity index is 2.12. The van der Waals surface area contributed by atoms with Crippen LogP contribution in [0.5, 0.6) is 0 Å². The van der Waals surface area contributed by atoms with Gasteiger partial charge in [-0.15, -0.1) is 0 Å². The Morgan fingerprint density at radius 3 is 2.30 bits per heavy atom. The largest absolute Gasteiger partial charge is 0.368 e. The van der Waals surface area contributed by atoms with Crippen molar-refractivity contribution in [3.8, 4) is 0 Å². The summed E-state index contributed by atoms with van der Waals surface area (Å²) in [4.78, 5) is 14.6. The number of amides is 1. The third-order valence-electron chi connectivity index (χ3n) is 5.05. The topological polar surface area (TPSA) is 58.4 Å². The third kappa shape index (κ3) is 3.34. The van der Waals surface area contributed by atoms with Crippen LogP contribution in [0.15, 0.2) is 0 Å². The van der Waals surface area contributed by atoms with Crippen molar-refractivity contribution in [2.24, 2.45) is 17.6 Å². The van der Waals surface area contributed by atoms with Crippen molar-refractivity contribution in [2.45, 2.75) is 64.0 Å². The number of rotatable bonds is 8. The van der Waals surface area contributed by atoms with Gasteiger partial charge in [0, 0.05) is 19.1 Å². The highest BCUT2D eigenvalue weighted by molar-refractivity contribution is 5.86. The molecule has 2 aliphatic rings. The van der Waals surface area contributed by atoms with Crippen LogP contribution in [0.1, 0.15) is 52.4 Å². The van der Waals surface area contributed by atoms with Crippen molar-refractivity contribution in [1.29, 1.82) is 0 Å². The monoisotopic (exact) mass is 281 g/mol. The summed E-state index contributed by atoms with van der Waals surface area (Å²) in [6.45, 7) is 6.36. The lowest BCUT2D eigenvalue weighted by molar-refractivity contribution is -0.126. The minimum absolute atomic E-state index is 0.172. The Morgan fingerprint density at radius 2 is 1.90 bits per heavy atom. The zero-order valence-corrected chi connectivity index (χ0v) is 13.3. The van der Waals surface area contributed by atoms with E-state index in [0.29, 0.717) is 17.9 Å². The van der Waals surface area contributed by atoms with Gasteiger partial charge in [-0.3, -0.25) is 9.69 Å². The van der Waals surface area contributed by atoms with Crippen LogP contribution in [0.25, 0.3) is 0 Å². The lowest BCUT2D eigenvalue weighted by Crippen LogP contribution is -2.63. The number of carbonyl (C=O) groups is 1. The standard InChI is InChI=1S/C16H31N3O/c1-12(2)10-19(14-6-4-5-7-14)11-16(18-3,15(17)20)13-8-9-13/h12-14,18H,4-11H2,1-3H3,(H2,17,20). The fraction of sp³-hybridized carbons (Fsp3) is 0.938. The molecule has 4 nitrogen and oxygen atoms in total. The molecule has 1 atom stereocenters. The molecule has 3 N–H and O–H groups in total. The van der Waals surface area contributed by atoms with E-state index in [1.807, 2.05) is 7.05 Å². The van der Waals surface area contributed by atoms with E-state index in [2.05, 4.69) is 24.1 Å². The number of nitrogens with two attached hydrogens (primary N) is 1. The van der Waals surface area contributed by atoms with Crippen molar-refractivity contribution >= 4 is 5.91 Å². The summed E-state index contributed by atoms with van der Waals surface area (Å²) in [5, 5.41) is 3.29. The van der Waals surface area contributed by atoms with Crippen LogP contribution in [0.2, 0.25) is 0 Å². The lowest BCUT2D eigenvalue weighted by atomic mass is 9.90. The fourth-order valence-electron chi connectivity index (χ4n) is 3.79. The molecular weight excluding hydrogens is 250 g/mol. The zero-order chi connectivity index (χ0) is 14.8. The minimum atomic E-state index is -0.516. The van der Waals surface area contributed by atoms with Crippen LogP contribution in [-0.4, -0.2) is 42.5 Å². The van der Waals surface area contributed by atoms with Gasteiger partial charge in [-0.05, 0) is 44.6 Å². The molecule has 0 aromatic rings. The number of hydrogen-bond acceptors (Lipinski definition) is 3. The molecule has 0 heterocycles. The van der Waals surface area contributed by atoms with E-state index in [1.54, 1.807) is 0 Å². The highest BCUT2D eigenvalue weighted by Crippen LogP contribution is 2.41. The van der Waals surface area contributed by atoms with Crippen LogP contribution in [-0.2, 0) is 4.79 Å². The summed E-state index contributed by atoms with van der Waals surface area (Å²) in [6, 6.07) is 0.642. The van der Waals surface area contributed by atoms with Crippen molar-refractivity contribution in [1.82, 2.24) is 10.2 Å². The van der Waals surface area contributed by atoms with Crippen molar-refractivity contribution < 1.29 is 4.79 Å². The second kappa shape index (κ2) is 6.44. The molecule has 116 valence electrons. The minimum Gasteiger partial charge on any atom is -0.368 e. The molecular formula is C16H31N3O. The number of nitrogens with one attached hydrogen (secondary N) is 1. The normalized spacial score (nSPS) is 23.4. The Hall–Kier alpha value is -0.610. The summed E-state index contributed by atoms with van der Waals surface area (Å²) >= 11 is 0. The molecule has 1 amide bonds. The van der Waals surface area contributed by atoms with Gasteiger partial charge in [0.1, 0.15) is 5.54 Å². The van der Waals surface area contributed by atoms with Crippen LogP contribution in [0.4, 0.5) is 0 Å². The predicted molar refractivity (Wildman–Crippen MR) is 82.4 cm³/mol. The smallest absolute Gasteiger partial charge is 0.239 e. The molecule has 2 fully saturated rings. The average Bonchev–Trinajstić information content (AvgIpc) is 3.08. The Labute approximate surface area is 123 Å². The van der Waals surface area contributed by atoms with Gasteiger partial charge in [-0.25, -0.2) is 0 Å². The summed E-state index contributed by atoms with van der Waals surface area (Å²) in [5.41, 5.74) is 5.26. The number of likely N-dealkylation sites (N-methyl/N-ethyl adjacent to an activating group) is 1. The SMILES string of the molecule is CNC(CN(CC(C)C)C1CCCC1)(C(N)=O)C1CC1. The molecule has 2 aliphatic carbocycles. The van der Waals surface area contributed by atoms with E-state index in [0.717, 1.165) is 25.9 Å². The maximum Gasteiger partial charge on any atom is 0.239 e. The maximum absolute atomic E-state index is 12.1. The quantitative estimate of drug-likeness (QED) is 0.712. The average molecular weight is 281 g/mol. The Kier molecular flexibility index (Phi) is 5.08. The predicted octanol–water partition coefficient (Wildman–Crippen LogP) is 1.74. The van der Waals surface area contributed by atoms with E-state index < -0.39 is 5.54 Å². The summed E-state index contributed by atoms with van der Waals surface area (Å²) < 4.78 is 0.